The Kier molecular flexibility index (Phi) is 3.13. The van der Waals surface area contributed by atoms with Crippen LogP contribution in [0.1, 0.15) is 44.1 Å². The minimum absolute atomic E-state index is 0.00187. The van der Waals surface area contributed by atoms with Gasteiger partial charge in [0.25, 0.3) is 0 Å². The van der Waals surface area contributed by atoms with E-state index in [-0.39, 0.29) is 12.0 Å². The van der Waals surface area contributed by atoms with Crippen molar-refractivity contribution in [1.82, 2.24) is 0 Å². The minimum atomic E-state index is -0.265. The lowest BCUT2D eigenvalue weighted by Crippen LogP contribution is -2.45. The number of nitrogens with zero attached hydrogens (tertiary/aromatic N) is 1. The molecule has 1 heterocycles. The summed E-state index contributed by atoms with van der Waals surface area (Å²) in [7, 11) is 1.50. The summed E-state index contributed by atoms with van der Waals surface area (Å²) in [6, 6.07) is 3.91. The molecule has 4 heteroatoms. The number of benzene rings is 1. The monoisotopic (exact) mass is 264 g/mol. The number of ether oxygens (including phenoxy) is 1. The second kappa shape index (κ2) is 4.67. The Bertz CT molecular complexity index is 491. The van der Waals surface area contributed by atoms with Gasteiger partial charge in [-0.1, -0.05) is 13.3 Å². The lowest BCUT2D eigenvalue weighted by Gasteiger charge is -2.32. The first-order valence-electron chi connectivity index (χ1n) is 7.08. The summed E-state index contributed by atoms with van der Waals surface area (Å²) < 4.78 is 19.0. The number of hydrogen-bond donors (Lipinski definition) is 1. The van der Waals surface area contributed by atoms with Crippen LogP contribution in [0, 0.1) is 5.82 Å². The molecular formula is C15H21FN2O. The van der Waals surface area contributed by atoms with E-state index in [1.54, 1.807) is 6.07 Å². The van der Waals surface area contributed by atoms with Gasteiger partial charge in [-0.3, -0.25) is 0 Å². The van der Waals surface area contributed by atoms with Crippen LogP contribution in [-0.4, -0.2) is 19.3 Å². The van der Waals surface area contributed by atoms with Gasteiger partial charge in [0.1, 0.15) is 0 Å². The maximum absolute atomic E-state index is 13.9. The molecule has 1 saturated carbocycles. The number of anilines is 1. The van der Waals surface area contributed by atoms with Gasteiger partial charge < -0.3 is 15.4 Å². The van der Waals surface area contributed by atoms with Gasteiger partial charge >= 0.3 is 0 Å². The van der Waals surface area contributed by atoms with Crippen LogP contribution in [0.5, 0.6) is 5.75 Å². The van der Waals surface area contributed by atoms with Crippen LogP contribution in [0.2, 0.25) is 0 Å². The van der Waals surface area contributed by atoms with Crippen molar-refractivity contribution in [3.8, 4) is 5.75 Å². The lowest BCUT2D eigenvalue weighted by molar-refractivity contribution is 0.386. The molecule has 1 aliphatic heterocycles. The van der Waals surface area contributed by atoms with Crippen LogP contribution in [0.15, 0.2) is 12.1 Å². The fraction of sp³-hybridized carbons (Fsp3) is 0.600. The predicted octanol–water partition coefficient (Wildman–Crippen LogP) is 2.99. The lowest BCUT2D eigenvalue weighted by atomic mass is 9.97. The Morgan fingerprint density at radius 3 is 2.95 bits per heavy atom. The van der Waals surface area contributed by atoms with Crippen molar-refractivity contribution in [2.24, 2.45) is 5.73 Å². The van der Waals surface area contributed by atoms with E-state index in [9.17, 15) is 4.39 Å². The van der Waals surface area contributed by atoms with Crippen LogP contribution >= 0.6 is 0 Å². The second-order valence-electron chi connectivity index (χ2n) is 5.53. The molecule has 1 aromatic rings. The largest absolute Gasteiger partial charge is 0.494 e. The van der Waals surface area contributed by atoms with Crippen molar-refractivity contribution in [3.05, 3.63) is 23.5 Å². The zero-order chi connectivity index (χ0) is 13.6. The number of methoxy groups -OCH3 is 1. The maximum Gasteiger partial charge on any atom is 0.165 e. The van der Waals surface area contributed by atoms with Gasteiger partial charge in [0.15, 0.2) is 11.6 Å². The van der Waals surface area contributed by atoms with E-state index in [1.165, 1.54) is 13.5 Å². The molecule has 104 valence electrons. The molecule has 1 fully saturated rings. The van der Waals surface area contributed by atoms with E-state index in [0.717, 1.165) is 30.5 Å². The van der Waals surface area contributed by atoms with Crippen LogP contribution in [0.25, 0.3) is 0 Å². The van der Waals surface area contributed by atoms with E-state index >= 15 is 0 Å². The smallest absolute Gasteiger partial charge is 0.165 e. The average Bonchev–Trinajstić information content (AvgIpc) is 2.97. The van der Waals surface area contributed by atoms with Crippen molar-refractivity contribution < 1.29 is 9.13 Å². The fourth-order valence-electron chi connectivity index (χ4n) is 3.67. The van der Waals surface area contributed by atoms with Crippen molar-refractivity contribution in [3.63, 3.8) is 0 Å². The number of nitrogens with two attached hydrogens (primary N) is 1. The van der Waals surface area contributed by atoms with E-state index in [1.807, 2.05) is 6.07 Å². The van der Waals surface area contributed by atoms with Gasteiger partial charge in [-0.2, -0.15) is 0 Å². The summed E-state index contributed by atoms with van der Waals surface area (Å²) in [4.78, 5) is 2.29. The Morgan fingerprint density at radius 2 is 2.26 bits per heavy atom. The minimum Gasteiger partial charge on any atom is -0.494 e. The highest BCUT2D eigenvalue weighted by atomic mass is 19.1. The summed E-state index contributed by atoms with van der Waals surface area (Å²) in [5, 5.41) is 0. The predicted molar refractivity (Wildman–Crippen MR) is 74.1 cm³/mol. The summed E-state index contributed by atoms with van der Waals surface area (Å²) >= 11 is 0. The quantitative estimate of drug-likeness (QED) is 0.912. The molecule has 1 aromatic carbocycles. The van der Waals surface area contributed by atoms with Crippen molar-refractivity contribution >= 4 is 5.69 Å². The van der Waals surface area contributed by atoms with Gasteiger partial charge in [-0.15, -0.1) is 0 Å². The maximum atomic E-state index is 13.9. The molecule has 0 radical (unpaired) electrons. The molecular weight excluding hydrogens is 243 g/mol. The van der Waals surface area contributed by atoms with Crippen molar-refractivity contribution in [2.45, 2.75) is 50.7 Å². The SMILES string of the molecule is CC[C@@H](N)N1c2cc(OC)c(F)cc2C2CCCC21. The molecule has 3 nitrogen and oxygen atoms in total. The molecule has 3 rings (SSSR count). The summed E-state index contributed by atoms with van der Waals surface area (Å²) in [6.07, 6.45) is 4.38. The van der Waals surface area contributed by atoms with Crippen LogP contribution in [-0.2, 0) is 0 Å². The number of hydrogen-bond acceptors (Lipinski definition) is 3. The Labute approximate surface area is 113 Å². The van der Waals surface area contributed by atoms with Gasteiger partial charge in [-0.25, -0.2) is 4.39 Å². The highest BCUT2D eigenvalue weighted by Gasteiger charge is 2.43. The molecule has 3 atom stereocenters. The normalized spacial score (nSPS) is 26.2. The third-order valence-corrected chi connectivity index (χ3v) is 4.59. The molecule has 2 aliphatic rings. The standard InChI is InChI=1S/C15H21FN2O/c1-3-15(17)18-12-6-4-5-9(12)10-7-11(16)14(19-2)8-13(10)18/h7-9,12,15H,3-6,17H2,1-2H3/t9?,12?,15-/m0/s1. The van der Waals surface area contributed by atoms with Gasteiger partial charge in [0.2, 0.25) is 0 Å². The third kappa shape index (κ3) is 1.81. The summed E-state index contributed by atoms with van der Waals surface area (Å²) in [5.41, 5.74) is 8.46. The molecule has 0 aromatic heterocycles. The third-order valence-electron chi connectivity index (χ3n) is 4.59. The van der Waals surface area contributed by atoms with E-state index in [4.69, 9.17) is 10.5 Å². The van der Waals surface area contributed by atoms with E-state index < -0.39 is 0 Å². The molecule has 2 N–H and O–H groups in total. The van der Waals surface area contributed by atoms with Gasteiger partial charge in [0.05, 0.1) is 13.3 Å². The van der Waals surface area contributed by atoms with Crippen molar-refractivity contribution in [2.75, 3.05) is 12.0 Å². The molecule has 0 bridgehead atoms. The molecule has 1 aliphatic carbocycles. The average molecular weight is 264 g/mol. The topological polar surface area (TPSA) is 38.5 Å². The first-order valence-corrected chi connectivity index (χ1v) is 7.08. The van der Waals surface area contributed by atoms with Crippen LogP contribution in [0.4, 0.5) is 10.1 Å². The summed E-state index contributed by atoms with van der Waals surface area (Å²) in [6.45, 7) is 2.09. The number of fused-ring (bicyclic) bond motifs is 3. The van der Waals surface area contributed by atoms with E-state index in [0.29, 0.717) is 17.7 Å². The van der Waals surface area contributed by atoms with Crippen molar-refractivity contribution in [1.29, 1.82) is 0 Å². The van der Waals surface area contributed by atoms with Crippen LogP contribution < -0.4 is 15.4 Å². The molecule has 19 heavy (non-hydrogen) atoms. The summed E-state index contributed by atoms with van der Waals surface area (Å²) in [5.74, 6) is 0.485. The first-order chi connectivity index (χ1) is 9.17. The Morgan fingerprint density at radius 1 is 1.47 bits per heavy atom. The molecule has 0 saturated heterocycles. The number of rotatable bonds is 3. The number of halogens is 1. The van der Waals surface area contributed by atoms with E-state index in [2.05, 4.69) is 11.8 Å². The van der Waals surface area contributed by atoms with Gasteiger partial charge in [0, 0.05) is 23.7 Å². The Hall–Kier alpha value is -1.29. The molecule has 0 amide bonds. The highest BCUT2D eigenvalue weighted by molar-refractivity contribution is 5.65. The Balaban J connectivity index is 2.10. The zero-order valence-electron chi connectivity index (χ0n) is 11.5. The first kappa shape index (κ1) is 12.7. The molecule has 2 unspecified atom stereocenters. The highest BCUT2D eigenvalue weighted by Crippen LogP contribution is 2.51. The van der Waals surface area contributed by atoms with Crippen LogP contribution in [0.3, 0.4) is 0 Å². The van der Waals surface area contributed by atoms with Gasteiger partial charge in [-0.05, 0) is 30.9 Å². The zero-order valence-corrected chi connectivity index (χ0v) is 11.5. The fourth-order valence-corrected chi connectivity index (χ4v) is 3.67. The second-order valence-corrected chi connectivity index (χ2v) is 5.53. The molecule has 0 spiro atoms.